The van der Waals surface area contributed by atoms with E-state index in [2.05, 4.69) is 5.16 Å². The molecular formula is C25H24N2O5. The molecule has 2 aromatic carbocycles. The molecule has 0 fully saturated rings. The summed E-state index contributed by atoms with van der Waals surface area (Å²) in [4.78, 5) is 28.0. The van der Waals surface area contributed by atoms with Crippen LogP contribution in [0.2, 0.25) is 0 Å². The standard InChI is InChI=1S/C25H24N2O5/c1-25(2,3)23(29)20-21(17-7-5-6-8-19(17)31-4)27(24(30)22(20)28)16-11-9-15(10-12-16)18-13-14-32-26-18/h5-14,21,28H,1-4H3/t21-/m1/s1. The second kappa shape index (κ2) is 8.00. The van der Waals surface area contributed by atoms with Crippen LogP contribution in [0.4, 0.5) is 5.69 Å². The monoisotopic (exact) mass is 432 g/mol. The Labute approximate surface area is 185 Å². The first-order valence-electron chi connectivity index (χ1n) is 10.2. The first-order valence-corrected chi connectivity index (χ1v) is 10.2. The average molecular weight is 432 g/mol. The molecule has 0 spiro atoms. The van der Waals surface area contributed by atoms with E-state index in [0.29, 0.717) is 22.7 Å². The van der Waals surface area contributed by atoms with Gasteiger partial charge in [-0.2, -0.15) is 0 Å². The summed E-state index contributed by atoms with van der Waals surface area (Å²) in [5.74, 6) is -0.964. The maximum Gasteiger partial charge on any atom is 0.294 e. The number of anilines is 1. The van der Waals surface area contributed by atoms with Gasteiger partial charge in [-0.25, -0.2) is 0 Å². The van der Waals surface area contributed by atoms with Crippen LogP contribution in [0.25, 0.3) is 11.3 Å². The summed E-state index contributed by atoms with van der Waals surface area (Å²) in [6.45, 7) is 5.28. The van der Waals surface area contributed by atoms with Gasteiger partial charge in [0.25, 0.3) is 5.91 Å². The first kappa shape index (κ1) is 21.4. The minimum Gasteiger partial charge on any atom is -0.503 e. The number of carbonyl (C=O) groups is 2. The number of hydrogen-bond donors (Lipinski definition) is 1. The van der Waals surface area contributed by atoms with Crippen molar-refractivity contribution in [1.29, 1.82) is 0 Å². The number of aliphatic hydroxyl groups excluding tert-OH is 1. The molecule has 0 radical (unpaired) electrons. The summed E-state index contributed by atoms with van der Waals surface area (Å²) in [7, 11) is 1.53. The smallest absolute Gasteiger partial charge is 0.294 e. The van der Waals surface area contributed by atoms with Gasteiger partial charge in [0, 0.05) is 28.3 Å². The number of nitrogens with zero attached hydrogens (tertiary/aromatic N) is 2. The van der Waals surface area contributed by atoms with Crippen LogP contribution in [-0.2, 0) is 9.59 Å². The van der Waals surface area contributed by atoms with Gasteiger partial charge in [-0.1, -0.05) is 56.3 Å². The lowest BCUT2D eigenvalue weighted by Gasteiger charge is -2.29. The van der Waals surface area contributed by atoms with Crippen molar-refractivity contribution in [1.82, 2.24) is 5.16 Å². The van der Waals surface area contributed by atoms with Gasteiger partial charge in [0.1, 0.15) is 17.7 Å². The van der Waals surface area contributed by atoms with Gasteiger partial charge in [-0.3, -0.25) is 14.5 Å². The molecule has 0 saturated carbocycles. The van der Waals surface area contributed by atoms with Gasteiger partial charge < -0.3 is 14.4 Å². The summed E-state index contributed by atoms with van der Waals surface area (Å²) < 4.78 is 10.4. The fourth-order valence-electron chi connectivity index (χ4n) is 3.85. The Morgan fingerprint density at radius 2 is 1.78 bits per heavy atom. The lowest BCUT2D eigenvalue weighted by Crippen LogP contribution is -2.33. The van der Waals surface area contributed by atoms with Crippen LogP contribution >= 0.6 is 0 Å². The SMILES string of the molecule is COc1ccccc1[C@@H]1C(C(=O)C(C)(C)C)=C(O)C(=O)N1c1ccc(-c2ccon2)cc1. The molecule has 4 rings (SSSR count). The highest BCUT2D eigenvalue weighted by Crippen LogP contribution is 2.45. The summed E-state index contributed by atoms with van der Waals surface area (Å²) >= 11 is 0. The Bertz CT molecular complexity index is 1190. The molecule has 32 heavy (non-hydrogen) atoms. The quantitative estimate of drug-likeness (QED) is 0.619. The van der Waals surface area contributed by atoms with E-state index in [9.17, 15) is 14.7 Å². The van der Waals surface area contributed by atoms with Crippen molar-refractivity contribution in [3.63, 3.8) is 0 Å². The number of methoxy groups -OCH3 is 1. The van der Waals surface area contributed by atoms with Crippen LogP contribution in [0.15, 0.2) is 76.7 Å². The Morgan fingerprint density at radius 3 is 2.38 bits per heavy atom. The molecule has 7 heteroatoms. The van der Waals surface area contributed by atoms with Crippen LogP contribution in [0.1, 0.15) is 32.4 Å². The fourth-order valence-corrected chi connectivity index (χ4v) is 3.85. The van der Waals surface area contributed by atoms with Crippen molar-refractivity contribution in [2.75, 3.05) is 12.0 Å². The molecule has 1 amide bonds. The highest BCUT2D eigenvalue weighted by atomic mass is 16.5. The van der Waals surface area contributed by atoms with Gasteiger partial charge in [0.05, 0.1) is 18.7 Å². The second-order valence-corrected chi connectivity index (χ2v) is 8.59. The van der Waals surface area contributed by atoms with E-state index in [1.54, 1.807) is 63.2 Å². The van der Waals surface area contributed by atoms with E-state index < -0.39 is 23.1 Å². The van der Waals surface area contributed by atoms with Crippen LogP contribution in [0, 0.1) is 5.41 Å². The first-order chi connectivity index (χ1) is 15.2. The van der Waals surface area contributed by atoms with Crippen molar-refractivity contribution >= 4 is 17.4 Å². The average Bonchev–Trinajstić information content (AvgIpc) is 3.40. The van der Waals surface area contributed by atoms with Crippen LogP contribution in [0.5, 0.6) is 5.75 Å². The zero-order valence-electron chi connectivity index (χ0n) is 18.3. The number of ketones is 1. The summed E-state index contributed by atoms with van der Waals surface area (Å²) in [5, 5.41) is 14.8. The predicted molar refractivity (Wildman–Crippen MR) is 119 cm³/mol. The lowest BCUT2D eigenvalue weighted by molar-refractivity contribution is -0.123. The summed E-state index contributed by atoms with van der Waals surface area (Å²) in [5.41, 5.74) is 1.88. The molecule has 2 heterocycles. The third-order valence-electron chi connectivity index (χ3n) is 5.45. The van der Waals surface area contributed by atoms with E-state index in [1.807, 2.05) is 12.1 Å². The molecule has 7 nitrogen and oxygen atoms in total. The number of ether oxygens (including phenoxy) is 1. The summed E-state index contributed by atoms with van der Waals surface area (Å²) in [6, 6.07) is 15.2. The molecular weight excluding hydrogens is 408 g/mol. The largest absolute Gasteiger partial charge is 0.503 e. The van der Waals surface area contributed by atoms with Crippen molar-refractivity contribution in [2.24, 2.45) is 5.41 Å². The van der Waals surface area contributed by atoms with E-state index >= 15 is 0 Å². The molecule has 1 aliphatic rings. The Kier molecular flexibility index (Phi) is 5.34. The van der Waals surface area contributed by atoms with Gasteiger partial charge in [0.2, 0.25) is 0 Å². The van der Waals surface area contributed by atoms with Gasteiger partial charge in [-0.05, 0) is 18.2 Å². The molecule has 1 N–H and O–H groups in total. The van der Waals surface area contributed by atoms with Crippen molar-refractivity contribution in [3.8, 4) is 17.0 Å². The number of para-hydroxylation sites is 1. The fraction of sp³-hybridized carbons (Fsp3) is 0.240. The second-order valence-electron chi connectivity index (χ2n) is 8.59. The van der Waals surface area contributed by atoms with E-state index in [-0.39, 0.29) is 11.4 Å². The number of benzene rings is 2. The Morgan fingerprint density at radius 1 is 1.09 bits per heavy atom. The lowest BCUT2D eigenvalue weighted by atomic mass is 9.82. The molecule has 0 unspecified atom stereocenters. The van der Waals surface area contributed by atoms with E-state index in [0.717, 1.165) is 5.56 Å². The number of amides is 1. The molecule has 0 aliphatic carbocycles. The van der Waals surface area contributed by atoms with Crippen LogP contribution < -0.4 is 9.64 Å². The van der Waals surface area contributed by atoms with Crippen LogP contribution in [0.3, 0.4) is 0 Å². The third-order valence-corrected chi connectivity index (χ3v) is 5.45. The van der Waals surface area contributed by atoms with Gasteiger partial charge in [-0.15, -0.1) is 0 Å². The number of rotatable bonds is 5. The maximum atomic E-state index is 13.3. The topological polar surface area (TPSA) is 92.9 Å². The van der Waals surface area contributed by atoms with Crippen molar-refractivity contribution in [2.45, 2.75) is 26.8 Å². The minimum absolute atomic E-state index is 0.0626. The van der Waals surface area contributed by atoms with Gasteiger partial charge >= 0.3 is 0 Å². The van der Waals surface area contributed by atoms with Gasteiger partial charge in [0.15, 0.2) is 11.5 Å². The van der Waals surface area contributed by atoms with E-state index in [1.165, 1.54) is 18.3 Å². The van der Waals surface area contributed by atoms with Crippen molar-refractivity contribution in [3.05, 3.63) is 77.8 Å². The Balaban J connectivity index is 1.86. The number of aliphatic hydroxyl groups is 1. The number of aromatic nitrogens is 1. The number of carbonyl (C=O) groups excluding carboxylic acids is 2. The summed E-state index contributed by atoms with van der Waals surface area (Å²) in [6.07, 6.45) is 1.48. The number of Topliss-reactive ketones (excluding diaryl/α,β-unsaturated/α-hetero) is 1. The van der Waals surface area contributed by atoms with Crippen molar-refractivity contribution < 1.29 is 24.0 Å². The normalized spacial score (nSPS) is 16.6. The minimum atomic E-state index is -0.830. The molecule has 0 bridgehead atoms. The highest BCUT2D eigenvalue weighted by Gasteiger charge is 2.47. The van der Waals surface area contributed by atoms with E-state index in [4.69, 9.17) is 9.26 Å². The highest BCUT2D eigenvalue weighted by molar-refractivity contribution is 6.17. The molecule has 1 atom stereocenters. The molecule has 1 aliphatic heterocycles. The zero-order valence-corrected chi connectivity index (χ0v) is 18.3. The molecule has 0 saturated heterocycles. The maximum absolute atomic E-state index is 13.3. The molecule has 1 aromatic heterocycles. The Hall–Kier alpha value is -3.87. The van der Waals surface area contributed by atoms with Crippen LogP contribution in [-0.4, -0.2) is 29.1 Å². The molecule has 3 aromatic rings. The third kappa shape index (κ3) is 3.56. The zero-order chi connectivity index (χ0) is 23.0. The number of hydrogen-bond acceptors (Lipinski definition) is 6. The molecule has 164 valence electrons. The predicted octanol–water partition coefficient (Wildman–Crippen LogP) is 4.87.